The zero-order valence-corrected chi connectivity index (χ0v) is 10.4. The van der Waals surface area contributed by atoms with Crippen LogP contribution in [0.4, 0.5) is 4.39 Å². The topological polar surface area (TPSA) is 37.4 Å². The number of Topliss-reactive ketones (excluding diaryl/α,β-unsaturated/α-hetero) is 1. The molecular weight excluding hydrogens is 233 g/mol. The molecule has 0 bridgehead atoms. The van der Waals surface area contributed by atoms with Crippen molar-refractivity contribution in [3.05, 3.63) is 35.6 Å². The van der Waals surface area contributed by atoms with E-state index in [4.69, 9.17) is 0 Å². The van der Waals surface area contributed by atoms with Crippen LogP contribution in [0.5, 0.6) is 0 Å². The predicted octanol–water partition coefficient (Wildman–Crippen LogP) is 2.41. The van der Waals surface area contributed by atoms with Gasteiger partial charge in [0.1, 0.15) is 11.6 Å². The second-order valence-corrected chi connectivity index (χ2v) is 4.68. The molecule has 1 amide bonds. The standard InChI is InChI=1S/C14H16FNO2/c1-10(17)9-11-5-4-8-16(11)14(18)12-6-2-3-7-13(12)15/h2-3,6-7,11H,4-5,8-9H2,1H3. The van der Waals surface area contributed by atoms with E-state index in [1.165, 1.54) is 19.1 Å². The molecule has 0 saturated carbocycles. The van der Waals surface area contributed by atoms with E-state index in [1.54, 1.807) is 17.0 Å². The van der Waals surface area contributed by atoms with Gasteiger partial charge < -0.3 is 4.90 Å². The predicted molar refractivity (Wildman–Crippen MR) is 65.8 cm³/mol. The monoisotopic (exact) mass is 249 g/mol. The van der Waals surface area contributed by atoms with Gasteiger partial charge in [-0.15, -0.1) is 0 Å². The summed E-state index contributed by atoms with van der Waals surface area (Å²) in [7, 11) is 0. The van der Waals surface area contributed by atoms with Crippen LogP contribution in [0, 0.1) is 5.82 Å². The summed E-state index contributed by atoms with van der Waals surface area (Å²) in [6.07, 6.45) is 2.05. The van der Waals surface area contributed by atoms with Gasteiger partial charge in [0.25, 0.3) is 5.91 Å². The van der Waals surface area contributed by atoms with Crippen LogP contribution < -0.4 is 0 Å². The highest BCUT2D eigenvalue weighted by Gasteiger charge is 2.31. The highest BCUT2D eigenvalue weighted by atomic mass is 19.1. The maximum atomic E-state index is 13.6. The SMILES string of the molecule is CC(=O)CC1CCCN1C(=O)c1ccccc1F. The van der Waals surface area contributed by atoms with Crippen molar-refractivity contribution in [1.82, 2.24) is 4.90 Å². The molecule has 0 aromatic heterocycles. The van der Waals surface area contributed by atoms with Crippen LogP contribution in [0.25, 0.3) is 0 Å². The molecule has 1 fully saturated rings. The van der Waals surface area contributed by atoms with Crippen LogP contribution in [0.15, 0.2) is 24.3 Å². The summed E-state index contributed by atoms with van der Waals surface area (Å²) in [6, 6.07) is 5.90. The summed E-state index contributed by atoms with van der Waals surface area (Å²) in [6.45, 7) is 2.12. The van der Waals surface area contributed by atoms with Gasteiger partial charge in [0.2, 0.25) is 0 Å². The van der Waals surface area contributed by atoms with Gasteiger partial charge in [0.15, 0.2) is 0 Å². The lowest BCUT2D eigenvalue weighted by atomic mass is 10.1. The summed E-state index contributed by atoms with van der Waals surface area (Å²) in [5.41, 5.74) is 0.0907. The molecule has 1 aliphatic rings. The minimum Gasteiger partial charge on any atom is -0.335 e. The molecule has 1 aromatic rings. The van der Waals surface area contributed by atoms with E-state index >= 15 is 0 Å². The van der Waals surface area contributed by atoms with Gasteiger partial charge >= 0.3 is 0 Å². The molecule has 3 nitrogen and oxygen atoms in total. The Morgan fingerprint density at radius 2 is 2.11 bits per heavy atom. The molecule has 1 aliphatic heterocycles. The van der Waals surface area contributed by atoms with Gasteiger partial charge in [-0.1, -0.05) is 12.1 Å². The second-order valence-electron chi connectivity index (χ2n) is 4.68. The van der Waals surface area contributed by atoms with Crippen molar-refractivity contribution in [3.8, 4) is 0 Å². The molecule has 0 spiro atoms. The number of halogens is 1. The average molecular weight is 249 g/mol. The minimum absolute atomic E-state index is 0.0632. The normalized spacial score (nSPS) is 19.0. The number of likely N-dealkylation sites (tertiary alicyclic amines) is 1. The van der Waals surface area contributed by atoms with E-state index in [-0.39, 0.29) is 23.3 Å². The summed E-state index contributed by atoms with van der Waals surface area (Å²) >= 11 is 0. The average Bonchev–Trinajstić information content (AvgIpc) is 2.76. The molecule has 18 heavy (non-hydrogen) atoms. The number of rotatable bonds is 3. The Morgan fingerprint density at radius 3 is 2.78 bits per heavy atom. The first-order valence-corrected chi connectivity index (χ1v) is 6.14. The number of hydrogen-bond acceptors (Lipinski definition) is 2. The van der Waals surface area contributed by atoms with E-state index in [0.29, 0.717) is 13.0 Å². The number of ketones is 1. The number of nitrogens with zero attached hydrogens (tertiary/aromatic N) is 1. The molecule has 1 saturated heterocycles. The Labute approximate surface area is 106 Å². The molecule has 1 unspecified atom stereocenters. The largest absolute Gasteiger partial charge is 0.335 e. The third kappa shape index (κ3) is 2.58. The molecule has 1 heterocycles. The third-order valence-electron chi connectivity index (χ3n) is 3.27. The smallest absolute Gasteiger partial charge is 0.257 e. The van der Waals surface area contributed by atoms with E-state index in [0.717, 1.165) is 12.8 Å². The Kier molecular flexibility index (Phi) is 3.75. The lowest BCUT2D eigenvalue weighted by Gasteiger charge is -2.24. The molecule has 4 heteroatoms. The van der Waals surface area contributed by atoms with Gasteiger partial charge in [0, 0.05) is 19.0 Å². The van der Waals surface area contributed by atoms with Gasteiger partial charge in [-0.25, -0.2) is 4.39 Å². The number of carbonyl (C=O) groups is 2. The van der Waals surface area contributed by atoms with E-state index in [1.807, 2.05) is 0 Å². The Hall–Kier alpha value is -1.71. The zero-order chi connectivity index (χ0) is 13.1. The maximum absolute atomic E-state index is 13.6. The van der Waals surface area contributed by atoms with Crippen molar-refractivity contribution < 1.29 is 14.0 Å². The minimum atomic E-state index is -0.504. The maximum Gasteiger partial charge on any atom is 0.257 e. The van der Waals surface area contributed by atoms with Gasteiger partial charge in [-0.05, 0) is 31.9 Å². The van der Waals surface area contributed by atoms with Crippen molar-refractivity contribution in [2.75, 3.05) is 6.54 Å². The van der Waals surface area contributed by atoms with E-state index in [9.17, 15) is 14.0 Å². The number of carbonyl (C=O) groups excluding carboxylic acids is 2. The molecule has 0 aliphatic carbocycles. The fraction of sp³-hybridized carbons (Fsp3) is 0.429. The molecule has 2 rings (SSSR count). The lowest BCUT2D eigenvalue weighted by molar-refractivity contribution is -0.117. The number of hydrogen-bond donors (Lipinski definition) is 0. The number of amides is 1. The van der Waals surface area contributed by atoms with E-state index in [2.05, 4.69) is 0 Å². The van der Waals surface area contributed by atoms with Gasteiger partial charge in [0.05, 0.1) is 5.56 Å². The van der Waals surface area contributed by atoms with Gasteiger partial charge in [-0.2, -0.15) is 0 Å². The highest BCUT2D eigenvalue weighted by molar-refractivity contribution is 5.95. The number of benzene rings is 1. The quantitative estimate of drug-likeness (QED) is 0.825. The fourth-order valence-corrected chi connectivity index (χ4v) is 2.44. The summed E-state index contributed by atoms with van der Waals surface area (Å²) in [4.78, 5) is 25.0. The van der Waals surface area contributed by atoms with Crippen LogP contribution >= 0.6 is 0 Å². The van der Waals surface area contributed by atoms with Crippen LogP contribution in [0.3, 0.4) is 0 Å². The first-order chi connectivity index (χ1) is 8.59. The van der Waals surface area contributed by atoms with Crippen molar-refractivity contribution in [1.29, 1.82) is 0 Å². The fourth-order valence-electron chi connectivity index (χ4n) is 2.44. The Morgan fingerprint density at radius 1 is 1.39 bits per heavy atom. The Bertz CT molecular complexity index is 473. The van der Waals surface area contributed by atoms with Crippen molar-refractivity contribution in [2.45, 2.75) is 32.2 Å². The van der Waals surface area contributed by atoms with Crippen molar-refractivity contribution in [2.24, 2.45) is 0 Å². The third-order valence-corrected chi connectivity index (χ3v) is 3.27. The summed E-state index contributed by atoms with van der Waals surface area (Å²) < 4.78 is 13.6. The van der Waals surface area contributed by atoms with Crippen molar-refractivity contribution >= 4 is 11.7 Å². The molecule has 1 aromatic carbocycles. The summed E-state index contributed by atoms with van der Waals surface area (Å²) in [5.74, 6) is -0.749. The molecule has 0 N–H and O–H groups in total. The molecule has 96 valence electrons. The van der Waals surface area contributed by atoms with Crippen LogP contribution in [-0.4, -0.2) is 29.2 Å². The van der Waals surface area contributed by atoms with E-state index < -0.39 is 5.82 Å². The Balaban J connectivity index is 2.18. The van der Waals surface area contributed by atoms with Gasteiger partial charge in [-0.3, -0.25) is 9.59 Å². The zero-order valence-electron chi connectivity index (χ0n) is 10.4. The van der Waals surface area contributed by atoms with Crippen LogP contribution in [0.1, 0.15) is 36.5 Å². The molecule has 0 radical (unpaired) electrons. The first kappa shape index (κ1) is 12.7. The molecule has 1 atom stereocenters. The summed E-state index contributed by atoms with van der Waals surface area (Å²) in [5, 5.41) is 0. The van der Waals surface area contributed by atoms with Crippen molar-refractivity contribution in [3.63, 3.8) is 0 Å². The molecular formula is C14H16FNO2. The highest BCUT2D eigenvalue weighted by Crippen LogP contribution is 2.23. The first-order valence-electron chi connectivity index (χ1n) is 6.14. The van der Waals surface area contributed by atoms with Crippen LogP contribution in [-0.2, 0) is 4.79 Å². The lowest BCUT2D eigenvalue weighted by Crippen LogP contribution is -2.37. The second kappa shape index (κ2) is 5.29. The van der Waals surface area contributed by atoms with Crippen LogP contribution in [0.2, 0.25) is 0 Å².